The Bertz CT molecular complexity index is 521. The average molecular weight is 289 g/mol. The maximum Gasteiger partial charge on any atom is 0.182 e. The molecule has 0 radical (unpaired) electrons. The summed E-state index contributed by atoms with van der Waals surface area (Å²) in [5, 5.41) is 2.41. The van der Waals surface area contributed by atoms with Gasteiger partial charge in [-0.1, -0.05) is 32.6 Å². The quantitative estimate of drug-likeness (QED) is 0.680. The maximum atomic E-state index is 4.23. The number of unbranched alkanes of at least 4 members (excludes halogenated alkanes) is 1. The second kappa shape index (κ2) is 6.57. The molecule has 0 spiro atoms. The number of imidazole rings is 1. The van der Waals surface area contributed by atoms with Gasteiger partial charge in [-0.15, -0.1) is 3.97 Å². The van der Waals surface area contributed by atoms with Gasteiger partial charge in [-0.3, -0.25) is 0 Å². The Balaban J connectivity index is 1.92. The number of nitrogens with zero attached hydrogens (tertiary/aromatic N) is 2. The van der Waals surface area contributed by atoms with Crippen LogP contribution < -0.4 is 0 Å². The van der Waals surface area contributed by atoms with Crippen LogP contribution in [0.4, 0.5) is 0 Å². The molecule has 3 rings (SSSR count). The second-order valence-electron chi connectivity index (χ2n) is 5.86. The Kier molecular flexibility index (Phi) is 4.56. The molecule has 3 heteroatoms. The first-order valence-corrected chi connectivity index (χ1v) is 9.27. The minimum Gasteiger partial charge on any atom is -0.240 e. The lowest BCUT2D eigenvalue weighted by molar-refractivity contribution is 0.442. The molecule has 2 nitrogen and oxygen atoms in total. The molecule has 20 heavy (non-hydrogen) atoms. The van der Waals surface area contributed by atoms with Gasteiger partial charge in [0.2, 0.25) is 0 Å². The molecule has 0 bridgehead atoms. The highest BCUT2D eigenvalue weighted by molar-refractivity contribution is 7.28. The Labute approximate surface area is 125 Å². The minimum absolute atomic E-state index is 0.123. The van der Waals surface area contributed by atoms with Crippen molar-refractivity contribution in [3.63, 3.8) is 0 Å². The van der Waals surface area contributed by atoms with Gasteiger partial charge >= 0.3 is 0 Å². The molecule has 2 aromatic rings. The van der Waals surface area contributed by atoms with Crippen molar-refractivity contribution in [2.75, 3.05) is 0 Å². The van der Waals surface area contributed by atoms with Crippen LogP contribution in [0, 0.1) is 0 Å². The summed E-state index contributed by atoms with van der Waals surface area (Å²) in [7, 11) is 0.123. The van der Waals surface area contributed by atoms with Crippen molar-refractivity contribution in [3.05, 3.63) is 40.6 Å². The van der Waals surface area contributed by atoms with Gasteiger partial charge in [-0.2, -0.15) is 0 Å². The van der Waals surface area contributed by atoms with E-state index < -0.39 is 0 Å². The molecule has 0 amide bonds. The number of hydrogen-bond acceptors (Lipinski definition) is 1. The normalized spacial score (nSPS) is 17.6. The van der Waals surface area contributed by atoms with E-state index in [1.807, 2.05) is 12.5 Å². The van der Waals surface area contributed by atoms with Crippen molar-refractivity contribution in [1.29, 1.82) is 0 Å². The Morgan fingerprint density at radius 3 is 2.85 bits per heavy atom. The van der Waals surface area contributed by atoms with E-state index >= 15 is 0 Å². The highest BCUT2D eigenvalue weighted by Crippen LogP contribution is 2.41. The predicted octanol–water partition coefficient (Wildman–Crippen LogP) is 5.33. The van der Waals surface area contributed by atoms with Crippen LogP contribution in [-0.4, -0.2) is 8.96 Å². The van der Waals surface area contributed by atoms with Crippen molar-refractivity contribution >= 4 is 10.7 Å². The van der Waals surface area contributed by atoms with Gasteiger partial charge in [0, 0.05) is 18.1 Å². The zero-order valence-electron chi connectivity index (χ0n) is 12.4. The van der Waals surface area contributed by atoms with E-state index in [0.717, 1.165) is 5.92 Å². The van der Waals surface area contributed by atoms with Crippen LogP contribution in [0.2, 0.25) is 0 Å². The van der Waals surface area contributed by atoms with Gasteiger partial charge in [0.15, 0.2) is 10.3 Å². The largest absolute Gasteiger partial charge is 0.240 e. The molecule has 0 N–H and O–H groups in total. The number of aromatic nitrogens is 2. The monoisotopic (exact) mass is 289 g/mol. The second-order valence-corrected chi connectivity index (χ2v) is 7.67. The van der Waals surface area contributed by atoms with Crippen LogP contribution in [-0.2, 0) is 6.42 Å². The molecule has 1 atom stereocenters. The van der Waals surface area contributed by atoms with Crippen LogP contribution >= 0.6 is 10.7 Å². The highest BCUT2D eigenvalue weighted by Gasteiger charge is 2.27. The SMILES string of the molecule is CCCCc1c(C2CCCCC2)cc[s+]1-n1ccnc1. The molecule has 1 aliphatic rings. The van der Waals surface area contributed by atoms with Crippen LogP contribution in [0.3, 0.4) is 0 Å². The van der Waals surface area contributed by atoms with Gasteiger partial charge in [0.25, 0.3) is 0 Å². The van der Waals surface area contributed by atoms with E-state index in [9.17, 15) is 0 Å². The van der Waals surface area contributed by atoms with Crippen molar-refractivity contribution in [3.8, 4) is 0 Å². The third-order valence-corrected chi connectivity index (χ3v) is 6.47. The van der Waals surface area contributed by atoms with Gasteiger partial charge in [-0.25, -0.2) is 4.98 Å². The first-order valence-electron chi connectivity index (χ1n) is 8.03. The van der Waals surface area contributed by atoms with Crippen LogP contribution in [0.15, 0.2) is 30.2 Å². The molecule has 2 heterocycles. The lowest BCUT2D eigenvalue weighted by Crippen LogP contribution is -2.06. The number of thiophene rings is 1. The lowest BCUT2D eigenvalue weighted by atomic mass is 9.84. The fourth-order valence-electron chi connectivity index (χ4n) is 3.36. The van der Waals surface area contributed by atoms with Crippen molar-refractivity contribution < 1.29 is 0 Å². The third-order valence-electron chi connectivity index (χ3n) is 4.46. The molecule has 1 saturated carbocycles. The van der Waals surface area contributed by atoms with E-state index in [1.165, 1.54) is 51.4 Å². The molecule has 0 aliphatic heterocycles. The van der Waals surface area contributed by atoms with Crippen molar-refractivity contribution in [2.24, 2.45) is 0 Å². The van der Waals surface area contributed by atoms with Crippen molar-refractivity contribution in [2.45, 2.75) is 64.2 Å². The van der Waals surface area contributed by atoms with Gasteiger partial charge in [0.1, 0.15) is 17.0 Å². The summed E-state index contributed by atoms with van der Waals surface area (Å²) in [6.45, 7) is 2.29. The Hall–Kier alpha value is -1.09. The average Bonchev–Trinajstić information content (AvgIpc) is 3.15. The van der Waals surface area contributed by atoms with E-state index in [2.05, 4.69) is 33.5 Å². The maximum absolute atomic E-state index is 4.23. The zero-order valence-corrected chi connectivity index (χ0v) is 13.2. The third kappa shape index (κ3) is 2.83. The molecule has 0 aromatic carbocycles. The molecule has 1 unspecified atom stereocenters. The standard InChI is InChI=1S/C17H25N2S/c1-2-3-9-17-16(15-7-5-4-6-8-15)10-13-20(17)19-12-11-18-14-19/h10-15H,2-9H2,1H3/q+1. The van der Waals surface area contributed by atoms with Gasteiger partial charge in [-0.05, 0) is 25.2 Å². The fraction of sp³-hybridized carbons (Fsp3) is 0.588. The van der Waals surface area contributed by atoms with E-state index in [1.54, 1.807) is 10.4 Å². The molecular weight excluding hydrogens is 264 g/mol. The summed E-state index contributed by atoms with van der Waals surface area (Å²) in [4.78, 5) is 5.92. The van der Waals surface area contributed by atoms with Crippen LogP contribution in [0.25, 0.3) is 0 Å². The van der Waals surface area contributed by atoms with Gasteiger partial charge in [0.05, 0.1) is 12.4 Å². The molecule has 1 aliphatic carbocycles. The molecule has 0 saturated heterocycles. The Morgan fingerprint density at radius 2 is 2.15 bits per heavy atom. The number of hydrogen-bond donors (Lipinski definition) is 0. The highest BCUT2D eigenvalue weighted by atomic mass is 32.2. The molecular formula is C17H25N2S+. The number of rotatable bonds is 5. The van der Waals surface area contributed by atoms with E-state index in [-0.39, 0.29) is 10.7 Å². The molecule has 1 fully saturated rings. The predicted molar refractivity (Wildman–Crippen MR) is 86.4 cm³/mol. The Morgan fingerprint density at radius 1 is 1.30 bits per heavy atom. The zero-order chi connectivity index (χ0) is 13.8. The summed E-state index contributed by atoms with van der Waals surface area (Å²) >= 11 is 0. The summed E-state index contributed by atoms with van der Waals surface area (Å²) in [5.41, 5.74) is 1.68. The van der Waals surface area contributed by atoms with Crippen LogP contribution in [0.5, 0.6) is 0 Å². The minimum atomic E-state index is 0.123. The smallest absolute Gasteiger partial charge is 0.182 e. The first kappa shape index (κ1) is 13.9. The molecule has 108 valence electrons. The molecule has 2 aromatic heterocycles. The van der Waals surface area contributed by atoms with Crippen molar-refractivity contribution in [1.82, 2.24) is 8.96 Å². The fourth-order valence-corrected chi connectivity index (χ4v) is 5.36. The first-order chi connectivity index (χ1) is 9.90. The summed E-state index contributed by atoms with van der Waals surface area (Å²) in [5.74, 6) is 0.827. The summed E-state index contributed by atoms with van der Waals surface area (Å²) in [6, 6.07) is 2.43. The van der Waals surface area contributed by atoms with E-state index in [4.69, 9.17) is 0 Å². The topological polar surface area (TPSA) is 17.8 Å². The summed E-state index contributed by atoms with van der Waals surface area (Å²) in [6.07, 6.45) is 16.9. The lowest BCUT2D eigenvalue weighted by Gasteiger charge is -2.20. The summed E-state index contributed by atoms with van der Waals surface area (Å²) < 4.78 is 2.29. The van der Waals surface area contributed by atoms with E-state index in [0.29, 0.717) is 0 Å². The van der Waals surface area contributed by atoms with Crippen LogP contribution in [0.1, 0.15) is 68.2 Å². The van der Waals surface area contributed by atoms with Gasteiger partial charge < -0.3 is 0 Å².